The SMILES string of the molecule is CC(C(=O)N[C@@H](Cc1ccc(O)cc1)C(=O)O)=C1CNC1. The number of carbonyl (C=O) groups is 2. The zero-order valence-corrected chi connectivity index (χ0v) is 11.7. The molecular formula is C15H18N2O4. The second-order valence-electron chi connectivity index (χ2n) is 5.07. The van der Waals surface area contributed by atoms with Crippen molar-refractivity contribution in [3.63, 3.8) is 0 Å². The lowest BCUT2D eigenvalue weighted by Gasteiger charge is -2.22. The molecular weight excluding hydrogens is 272 g/mol. The first-order valence-corrected chi connectivity index (χ1v) is 6.68. The monoisotopic (exact) mass is 290 g/mol. The van der Waals surface area contributed by atoms with Gasteiger partial charge in [-0.1, -0.05) is 12.1 Å². The summed E-state index contributed by atoms with van der Waals surface area (Å²) in [7, 11) is 0. The minimum absolute atomic E-state index is 0.118. The average Bonchev–Trinajstić information content (AvgIpc) is 2.38. The number of aromatic hydroxyl groups is 1. The Morgan fingerprint density at radius 2 is 1.90 bits per heavy atom. The lowest BCUT2D eigenvalue weighted by Crippen LogP contribution is -2.44. The van der Waals surface area contributed by atoms with Crippen molar-refractivity contribution >= 4 is 11.9 Å². The van der Waals surface area contributed by atoms with Gasteiger partial charge in [-0.05, 0) is 30.2 Å². The van der Waals surface area contributed by atoms with E-state index in [1.54, 1.807) is 19.1 Å². The summed E-state index contributed by atoms with van der Waals surface area (Å²) in [6.07, 6.45) is 0.169. The molecule has 1 amide bonds. The highest BCUT2D eigenvalue weighted by atomic mass is 16.4. The number of amides is 1. The number of rotatable bonds is 5. The first-order valence-electron chi connectivity index (χ1n) is 6.68. The topological polar surface area (TPSA) is 98.7 Å². The lowest BCUT2D eigenvalue weighted by atomic mass is 10.0. The molecule has 6 heteroatoms. The van der Waals surface area contributed by atoms with Gasteiger partial charge in [0.2, 0.25) is 5.91 Å². The highest BCUT2D eigenvalue weighted by Gasteiger charge is 2.23. The van der Waals surface area contributed by atoms with Gasteiger partial charge in [0, 0.05) is 25.1 Å². The predicted octanol–water partition coefficient (Wildman–Crippen LogP) is 0.424. The summed E-state index contributed by atoms with van der Waals surface area (Å²) >= 11 is 0. The minimum atomic E-state index is -1.08. The van der Waals surface area contributed by atoms with Crippen LogP contribution in [0, 0.1) is 0 Å². The van der Waals surface area contributed by atoms with Gasteiger partial charge in [0.25, 0.3) is 0 Å². The van der Waals surface area contributed by atoms with Gasteiger partial charge < -0.3 is 20.8 Å². The Morgan fingerprint density at radius 3 is 2.38 bits per heavy atom. The van der Waals surface area contributed by atoms with Gasteiger partial charge in [-0.2, -0.15) is 0 Å². The Kier molecular flexibility index (Phi) is 4.59. The number of carboxylic acids is 1. The zero-order valence-electron chi connectivity index (χ0n) is 11.7. The van der Waals surface area contributed by atoms with Crippen LogP contribution in [0.15, 0.2) is 35.4 Å². The van der Waals surface area contributed by atoms with Crippen LogP contribution in [0.25, 0.3) is 0 Å². The van der Waals surface area contributed by atoms with Crippen LogP contribution in [0.3, 0.4) is 0 Å². The van der Waals surface area contributed by atoms with Gasteiger partial charge >= 0.3 is 5.97 Å². The van der Waals surface area contributed by atoms with Crippen molar-refractivity contribution < 1.29 is 19.8 Å². The largest absolute Gasteiger partial charge is 0.508 e. The van der Waals surface area contributed by atoms with E-state index in [1.807, 2.05) is 0 Å². The molecule has 1 atom stereocenters. The molecule has 21 heavy (non-hydrogen) atoms. The third-order valence-electron chi connectivity index (χ3n) is 3.53. The van der Waals surface area contributed by atoms with Gasteiger partial charge in [0.05, 0.1) is 0 Å². The molecule has 1 aliphatic heterocycles. The molecule has 0 aliphatic carbocycles. The van der Waals surface area contributed by atoms with E-state index in [9.17, 15) is 19.8 Å². The van der Waals surface area contributed by atoms with Crippen molar-refractivity contribution in [3.05, 3.63) is 41.0 Å². The van der Waals surface area contributed by atoms with E-state index < -0.39 is 12.0 Å². The minimum Gasteiger partial charge on any atom is -0.508 e. The molecule has 1 heterocycles. The Balaban J connectivity index is 2.04. The summed E-state index contributed by atoms with van der Waals surface area (Å²) in [6, 6.07) is 5.26. The van der Waals surface area contributed by atoms with Crippen LogP contribution >= 0.6 is 0 Å². The number of phenolic OH excluding ortho intramolecular Hbond substituents is 1. The van der Waals surface area contributed by atoms with Crippen LogP contribution in [0.4, 0.5) is 0 Å². The molecule has 112 valence electrons. The normalized spacial score (nSPS) is 15.0. The van der Waals surface area contributed by atoms with E-state index in [0.29, 0.717) is 18.7 Å². The zero-order chi connectivity index (χ0) is 15.4. The van der Waals surface area contributed by atoms with Crippen molar-refractivity contribution in [1.29, 1.82) is 0 Å². The Hall–Kier alpha value is -2.34. The second-order valence-corrected chi connectivity index (χ2v) is 5.07. The van der Waals surface area contributed by atoms with Crippen LogP contribution in [-0.2, 0) is 16.0 Å². The standard InChI is InChI=1S/C15H18N2O4/c1-9(11-7-16-8-11)14(19)17-13(15(20)21)6-10-2-4-12(18)5-3-10/h2-5,13,16,18H,6-8H2,1H3,(H,17,19)(H,20,21)/t13-/m0/s1. The van der Waals surface area contributed by atoms with E-state index >= 15 is 0 Å². The molecule has 0 spiro atoms. The predicted molar refractivity (Wildman–Crippen MR) is 76.9 cm³/mol. The Bertz CT molecular complexity index is 572. The number of hydrogen-bond acceptors (Lipinski definition) is 4. The maximum Gasteiger partial charge on any atom is 0.326 e. The Labute approximate surface area is 122 Å². The third-order valence-corrected chi connectivity index (χ3v) is 3.53. The maximum atomic E-state index is 12.0. The van der Waals surface area contributed by atoms with Gasteiger partial charge in [0.1, 0.15) is 11.8 Å². The van der Waals surface area contributed by atoms with Crippen LogP contribution in [0.5, 0.6) is 5.75 Å². The van der Waals surface area contributed by atoms with Gasteiger partial charge in [-0.15, -0.1) is 0 Å². The number of carboxylic acid groups (broad SMARTS) is 1. The summed E-state index contributed by atoms with van der Waals surface area (Å²) in [5.41, 5.74) is 2.31. The number of nitrogens with one attached hydrogen (secondary N) is 2. The van der Waals surface area contributed by atoms with Crippen LogP contribution < -0.4 is 10.6 Å². The fraction of sp³-hybridized carbons (Fsp3) is 0.333. The molecule has 0 bridgehead atoms. The van der Waals surface area contributed by atoms with E-state index in [1.165, 1.54) is 12.1 Å². The summed E-state index contributed by atoms with van der Waals surface area (Å²) in [4.78, 5) is 23.3. The van der Waals surface area contributed by atoms with Crippen molar-refractivity contribution in [1.82, 2.24) is 10.6 Å². The van der Waals surface area contributed by atoms with Crippen molar-refractivity contribution in [3.8, 4) is 5.75 Å². The van der Waals surface area contributed by atoms with Crippen molar-refractivity contribution in [2.75, 3.05) is 13.1 Å². The van der Waals surface area contributed by atoms with Crippen molar-refractivity contribution in [2.24, 2.45) is 0 Å². The summed E-state index contributed by atoms with van der Waals surface area (Å²) in [5.74, 6) is -1.31. The van der Waals surface area contributed by atoms with E-state index in [4.69, 9.17) is 0 Å². The molecule has 6 nitrogen and oxygen atoms in total. The smallest absolute Gasteiger partial charge is 0.326 e. The van der Waals surface area contributed by atoms with Crippen LogP contribution in [0.2, 0.25) is 0 Å². The molecule has 2 rings (SSSR count). The second kappa shape index (κ2) is 6.41. The molecule has 1 saturated heterocycles. The van der Waals surface area contributed by atoms with Gasteiger partial charge in [-0.25, -0.2) is 4.79 Å². The molecule has 0 saturated carbocycles. The van der Waals surface area contributed by atoms with Gasteiger partial charge in [0.15, 0.2) is 0 Å². The molecule has 1 aromatic carbocycles. The van der Waals surface area contributed by atoms with Crippen LogP contribution in [-0.4, -0.2) is 41.2 Å². The number of carbonyl (C=O) groups excluding carboxylic acids is 1. The molecule has 1 fully saturated rings. The van der Waals surface area contributed by atoms with E-state index in [2.05, 4.69) is 10.6 Å². The first-order chi connectivity index (χ1) is 9.97. The third kappa shape index (κ3) is 3.82. The Morgan fingerprint density at radius 1 is 1.29 bits per heavy atom. The van der Waals surface area contributed by atoms with Crippen molar-refractivity contribution in [2.45, 2.75) is 19.4 Å². The summed E-state index contributed by atoms with van der Waals surface area (Å²) in [5, 5.41) is 24.0. The summed E-state index contributed by atoms with van der Waals surface area (Å²) < 4.78 is 0. The maximum absolute atomic E-state index is 12.0. The van der Waals surface area contributed by atoms with Crippen LogP contribution in [0.1, 0.15) is 12.5 Å². The summed E-state index contributed by atoms with van der Waals surface area (Å²) in [6.45, 7) is 3.05. The molecule has 0 unspecified atom stereocenters. The highest BCUT2D eigenvalue weighted by Crippen LogP contribution is 2.13. The highest BCUT2D eigenvalue weighted by molar-refractivity contribution is 5.96. The molecule has 1 aliphatic rings. The molecule has 0 radical (unpaired) electrons. The molecule has 1 aromatic rings. The fourth-order valence-electron chi connectivity index (χ4n) is 2.01. The van der Waals surface area contributed by atoms with Gasteiger partial charge in [-0.3, -0.25) is 4.79 Å². The van der Waals surface area contributed by atoms with E-state index in [0.717, 1.165) is 11.1 Å². The first kappa shape index (κ1) is 15.1. The fourth-order valence-corrected chi connectivity index (χ4v) is 2.01. The number of hydrogen-bond donors (Lipinski definition) is 4. The quantitative estimate of drug-likeness (QED) is 0.589. The number of aliphatic carboxylic acids is 1. The number of benzene rings is 1. The van der Waals surface area contributed by atoms with E-state index in [-0.39, 0.29) is 18.1 Å². The molecule has 4 N–H and O–H groups in total. The number of phenols is 1. The molecule has 0 aromatic heterocycles. The average molecular weight is 290 g/mol. The lowest BCUT2D eigenvalue weighted by molar-refractivity contribution is -0.141.